The Balaban J connectivity index is 1.36. The van der Waals surface area contributed by atoms with Gasteiger partial charge in [-0.05, 0) is 36.3 Å². The Morgan fingerprint density at radius 3 is 2.63 bits per heavy atom. The average molecular weight is 431 g/mol. The zero-order valence-electron chi connectivity index (χ0n) is 15.9. The summed E-state index contributed by atoms with van der Waals surface area (Å²) in [5, 5.41) is 1.89. The number of halogens is 2. The van der Waals surface area contributed by atoms with Crippen molar-refractivity contribution in [1.82, 2.24) is 10.2 Å². The molecular formula is C21H19F2N3O3S. The predicted octanol–water partition coefficient (Wildman–Crippen LogP) is 2.28. The van der Waals surface area contributed by atoms with Gasteiger partial charge in [-0.25, -0.2) is 17.2 Å². The molecule has 30 heavy (non-hydrogen) atoms. The summed E-state index contributed by atoms with van der Waals surface area (Å²) >= 11 is 0. The van der Waals surface area contributed by atoms with E-state index in [1.54, 1.807) is 30.5 Å². The molecular weight excluding hydrogens is 412 g/mol. The first-order chi connectivity index (χ1) is 14.3. The monoisotopic (exact) mass is 431 g/mol. The maximum atomic E-state index is 13.4. The number of aliphatic imine (C=N–C) groups is 1. The number of sulfone groups is 1. The highest BCUT2D eigenvalue weighted by molar-refractivity contribution is 7.92. The fraction of sp³-hybridized carbons (Fsp3) is 0.238. The van der Waals surface area contributed by atoms with Gasteiger partial charge in [0.25, 0.3) is 5.91 Å². The maximum Gasteiger partial charge on any atom is 0.253 e. The van der Waals surface area contributed by atoms with Gasteiger partial charge in [-0.2, -0.15) is 0 Å². The van der Waals surface area contributed by atoms with Crippen molar-refractivity contribution < 1.29 is 22.0 Å². The first-order valence-corrected chi connectivity index (χ1v) is 10.9. The molecule has 2 aliphatic heterocycles. The Bertz CT molecular complexity index is 1130. The lowest BCUT2D eigenvalue weighted by Crippen LogP contribution is -2.31. The van der Waals surface area contributed by atoms with Crippen molar-refractivity contribution in [3.8, 4) is 0 Å². The number of nitrogens with zero attached hydrogens (tertiary/aromatic N) is 2. The quantitative estimate of drug-likeness (QED) is 0.776. The van der Waals surface area contributed by atoms with E-state index in [2.05, 4.69) is 10.3 Å². The minimum Gasteiger partial charge on any atom is -0.348 e. The Morgan fingerprint density at radius 2 is 1.93 bits per heavy atom. The van der Waals surface area contributed by atoms with Crippen LogP contribution in [0.2, 0.25) is 0 Å². The second-order valence-corrected chi connectivity index (χ2v) is 9.26. The molecule has 1 aliphatic carbocycles. The molecule has 3 aliphatic rings. The minimum absolute atomic E-state index is 0.151. The summed E-state index contributed by atoms with van der Waals surface area (Å²) in [5.41, 5.74) is 1.27. The van der Waals surface area contributed by atoms with Crippen LogP contribution < -0.4 is 5.32 Å². The molecule has 4 rings (SSSR count). The highest BCUT2D eigenvalue weighted by atomic mass is 32.2. The number of nitrogens with one attached hydrogen (secondary N) is 1. The molecule has 0 saturated carbocycles. The third-order valence-electron chi connectivity index (χ3n) is 5.03. The van der Waals surface area contributed by atoms with Gasteiger partial charge >= 0.3 is 0 Å². The van der Waals surface area contributed by atoms with E-state index >= 15 is 0 Å². The number of amides is 1. The normalized spacial score (nSPS) is 20.4. The van der Waals surface area contributed by atoms with Crippen LogP contribution in [0.1, 0.15) is 6.42 Å². The number of amidine groups is 1. The van der Waals surface area contributed by atoms with E-state index in [4.69, 9.17) is 0 Å². The zero-order valence-corrected chi connectivity index (χ0v) is 16.7. The van der Waals surface area contributed by atoms with Crippen molar-refractivity contribution in [2.75, 3.05) is 19.6 Å². The van der Waals surface area contributed by atoms with Gasteiger partial charge < -0.3 is 10.2 Å². The summed E-state index contributed by atoms with van der Waals surface area (Å²) in [4.78, 5) is 18.2. The third-order valence-corrected chi connectivity index (χ3v) is 7.07. The molecule has 0 fully saturated rings. The topological polar surface area (TPSA) is 78.8 Å². The SMILES string of the molecule is O=C(NCC1=CCC(S(=O)(=O)c2cc(F)cc(F)c2)C=C1)C1=CN2CCN=C2C=C1. The van der Waals surface area contributed by atoms with Gasteiger partial charge in [0.15, 0.2) is 9.84 Å². The maximum absolute atomic E-state index is 13.4. The molecule has 1 atom stereocenters. The van der Waals surface area contributed by atoms with Gasteiger partial charge in [-0.1, -0.05) is 18.2 Å². The molecule has 1 unspecified atom stereocenters. The van der Waals surface area contributed by atoms with Gasteiger partial charge in [-0.3, -0.25) is 9.79 Å². The van der Waals surface area contributed by atoms with Crippen LogP contribution in [0.5, 0.6) is 0 Å². The number of carbonyl (C=O) groups is 1. The van der Waals surface area contributed by atoms with Crippen LogP contribution in [0.25, 0.3) is 0 Å². The molecule has 0 bridgehead atoms. The minimum atomic E-state index is -3.92. The van der Waals surface area contributed by atoms with Gasteiger partial charge in [0.1, 0.15) is 17.5 Å². The molecule has 6 nitrogen and oxygen atoms in total. The number of hydrogen-bond acceptors (Lipinski definition) is 5. The second kappa shape index (κ2) is 7.98. The standard InChI is InChI=1S/C21H19F2N3O3S/c22-16-9-17(23)11-19(10-16)30(28,29)18-4-1-14(2-5-18)12-25-21(27)15-3-6-20-24-7-8-26(20)13-15/h1-4,6,9-11,13,18H,5,7-8,12H2,(H,25,27). The van der Waals surface area contributed by atoms with Crippen molar-refractivity contribution in [1.29, 1.82) is 0 Å². The Hall–Kier alpha value is -3.07. The van der Waals surface area contributed by atoms with E-state index in [1.807, 2.05) is 4.90 Å². The fourth-order valence-electron chi connectivity index (χ4n) is 3.42. The van der Waals surface area contributed by atoms with E-state index < -0.39 is 26.7 Å². The van der Waals surface area contributed by atoms with Gasteiger partial charge in [-0.15, -0.1) is 0 Å². The van der Waals surface area contributed by atoms with Crippen molar-refractivity contribution in [3.63, 3.8) is 0 Å². The van der Waals surface area contributed by atoms with E-state index in [-0.39, 0.29) is 23.8 Å². The van der Waals surface area contributed by atoms with E-state index in [1.165, 1.54) is 6.08 Å². The first kappa shape index (κ1) is 20.2. The Labute approximate surface area is 172 Å². The largest absolute Gasteiger partial charge is 0.348 e. The molecule has 0 aromatic heterocycles. The lowest BCUT2D eigenvalue weighted by atomic mass is 10.1. The average Bonchev–Trinajstić information content (AvgIpc) is 3.19. The van der Waals surface area contributed by atoms with Crippen LogP contribution in [0, 0.1) is 11.6 Å². The van der Waals surface area contributed by atoms with E-state index in [0.29, 0.717) is 18.2 Å². The number of benzene rings is 1. The van der Waals surface area contributed by atoms with Crippen molar-refractivity contribution in [3.05, 3.63) is 77.6 Å². The smallest absolute Gasteiger partial charge is 0.253 e. The molecule has 0 radical (unpaired) electrons. The second-order valence-electron chi connectivity index (χ2n) is 7.10. The lowest BCUT2D eigenvalue weighted by molar-refractivity contribution is -0.117. The molecule has 2 heterocycles. The fourth-order valence-corrected chi connectivity index (χ4v) is 4.96. The number of carbonyl (C=O) groups excluding carboxylic acids is 1. The zero-order chi connectivity index (χ0) is 21.3. The number of rotatable bonds is 5. The third kappa shape index (κ3) is 4.11. The van der Waals surface area contributed by atoms with Crippen molar-refractivity contribution in [2.24, 2.45) is 4.99 Å². The molecule has 1 N–H and O–H groups in total. The summed E-state index contributed by atoms with van der Waals surface area (Å²) in [6, 6.07) is 2.26. The van der Waals surface area contributed by atoms with E-state index in [9.17, 15) is 22.0 Å². The van der Waals surface area contributed by atoms with Gasteiger partial charge in [0.05, 0.1) is 22.3 Å². The van der Waals surface area contributed by atoms with Crippen molar-refractivity contribution >= 4 is 21.6 Å². The number of fused-ring (bicyclic) bond motifs is 1. The van der Waals surface area contributed by atoms with Gasteiger partial charge in [0.2, 0.25) is 0 Å². The molecule has 1 aromatic rings. The molecule has 0 saturated heterocycles. The van der Waals surface area contributed by atoms with Crippen LogP contribution >= 0.6 is 0 Å². The molecule has 156 valence electrons. The molecule has 9 heteroatoms. The molecule has 1 amide bonds. The Kier molecular flexibility index (Phi) is 5.38. The number of allylic oxidation sites excluding steroid dienone is 1. The molecule has 1 aromatic carbocycles. The van der Waals surface area contributed by atoms with Crippen molar-refractivity contribution in [2.45, 2.75) is 16.6 Å². The first-order valence-electron chi connectivity index (χ1n) is 9.39. The van der Waals surface area contributed by atoms with Crippen LogP contribution in [0.4, 0.5) is 8.78 Å². The summed E-state index contributed by atoms with van der Waals surface area (Å²) in [5.74, 6) is -1.28. The van der Waals surface area contributed by atoms with Crippen LogP contribution in [0.15, 0.2) is 75.8 Å². The highest BCUT2D eigenvalue weighted by Gasteiger charge is 2.27. The predicted molar refractivity (Wildman–Crippen MR) is 108 cm³/mol. The number of hydrogen-bond donors (Lipinski definition) is 1. The van der Waals surface area contributed by atoms with Crippen LogP contribution in [-0.2, 0) is 14.6 Å². The summed E-state index contributed by atoms with van der Waals surface area (Å²) < 4.78 is 52.1. The van der Waals surface area contributed by atoms with Gasteiger partial charge in [0, 0.05) is 25.4 Å². The Morgan fingerprint density at radius 1 is 1.17 bits per heavy atom. The molecule has 0 spiro atoms. The van der Waals surface area contributed by atoms with Crippen LogP contribution in [-0.4, -0.2) is 49.9 Å². The van der Waals surface area contributed by atoms with E-state index in [0.717, 1.165) is 30.1 Å². The summed E-state index contributed by atoms with van der Waals surface area (Å²) in [7, 11) is -3.92. The summed E-state index contributed by atoms with van der Waals surface area (Å²) in [6.07, 6.45) is 10.2. The summed E-state index contributed by atoms with van der Waals surface area (Å²) in [6.45, 7) is 1.69. The van der Waals surface area contributed by atoms with Crippen LogP contribution in [0.3, 0.4) is 0 Å². The lowest BCUT2D eigenvalue weighted by Gasteiger charge is -2.19. The highest BCUT2D eigenvalue weighted by Crippen LogP contribution is 2.25.